The van der Waals surface area contributed by atoms with E-state index in [1.807, 2.05) is 36.1 Å². The quantitative estimate of drug-likeness (QED) is 0.673. The molecule has 0 aromatic heterocycles. The zero-order chi connectivity index (χ0) is 17.8. The third-order valence-corrected chi connectivity index (χ3v) is 5.42. The van der Waals surface area contributed by atoms with Crippen molar-refractivity contribution in [3.63, 3.8) is 0 Å². The molecule has 1 unspecified atom stereocenters. The number of anilines is 2. The van der Waals surface area contributed by atoms with Crippen LogP contribution in [0.1, 0.15) is 6.92 Å². The maximum absolute atomic E-state index is 13.0. The first-order valence-corrected chi connectivity index (χ1v) is 9.22. The van der Waals surface area contributed by atoms with Crippen molar-refractivity contribution in [1.29, 1.82) is 0 Å². The van der Waals surface area contributed by atoms with E-state index in [9.17, 15) is 9.18 Å². The average molecular weight is 359 g/mol. The van der Waals surface area contributed by atoms with Crippen molar-refractivity contribution in [1.82, 2.24) is 4.90 Å². The van der Waals surface area contributed by atoms with Gasteiger partial charge in [-0.05, 0) is 55.5 Å². The molecule has 1 saturated heterocycles. The minimum atomic E-state index is -0.230. The predicted molar refractivity (Wildman–Crippen MR) is 101 cm³/mol. The molecule has 2 aromatic rings. The van der Waals surface area contributed by atoms with E-state index in [4.69, 9.17) is 5.73 Å². The molecule has 0 aliphatic carbocycles. The molecule has 2 aromatic carbocycles. The Morgan fingerprint density at radius 2 is 1.64 bits per heavy atom. The fraction of sp³-hybridized carbons (Fsp3) is 0.316. The molecule has 1 aliphatic heterocycles. The van der Waals surface area contributed by atoms with E-state index < -0.39 is 0 Å². The summed E-state index contributed by atoms with van der Waals surface area (Å²) < 4.78 is 13.0. The van der Waals surface area contributed by atoms with Crippen LogP contribution in [-0.2, 0) is 4.79 Å². The number of nitrogens with zero attached hydrogens (tertiary/aromatic N) is 2. The number of amides is 1. The third kappa shape index (κ3) is 4.45. The summed E-state index contributed by atoms with van der Waals surface area (Å²) in [4.78, 5) is 17.8. The number of thioether (sulfide) groups is 1. The first-order valence-electron chi connectivity index (χ1n) is 8.34. The van der Waals surface area contributed by atoms with Gasteiger partial charge < -0.3 is 15.5 Å². The second-order valence-electron chi connectivity index (χ2n) is 6.12. The average Bonchev–Trinajstić information content (AvgIpc) is 2.64. The highest BCUT2D eigenvalue weighted by Crippen LogP contribution is 2.26. The van der Waals surface area contributed by atoms with Crippen LogP contribution in [0.25, 0.3) is 0 Å². The van der Waals surface area contributed by atoms with Gasteiger partial charge in [0.25, 0.3) is 0 Å². The molecule has 1 atom stereocenters. The predicted octanol–water partition coefficient (Wildman–Crippen LogP) is 3.24. The summed E-state index contributed by atoms with van der Waals surface area (Å²) >= 11 is 1.55. The van der Waals surface area contributed by atoms with Gasteiger partial charge in [0.1, 0.15) is 5.82 Å². The van der Waals surface area contributed by atoms with Gasteiger partial charge in [0.15, 0.2) is 0 Å². The third-order valence-electron chi connectivity index (χ3n) is 4.32. The van der Waals surface area contributed by atoms with Crippen LogP contribution in [0.3, 0.4) is 0 Å². The fourth-order valence-electron chi connectivity index (χ4n) is 2.89. The SMILES string of the molecule is CC(Sc1ccc(N)cc1)C(=O)N1CCN(c2ccc(F)cc2)CC1. The van der Waals surface area contributed by atoms with E-state index in [-0.39, 0.29) is 17.0 Å². The molecule has 4 nitrogen and oxygen atoms in total. The first-order chi connectivity index (χ1) is 12.0. The molecule has 1 amide bonds. The summed E-state index contributed by atoms with van der Waals surface area (Å²) in [5.41, 5.74) is 7.41. The highest BCUT2D eigenvalue weighted by atomic mass is 32.2. The molecule has 0 radical (unpaired) electrons. The number of rotatable bonds is 4. The van der Waals surface area contributed by atoms with Gasteiger partial charge in [0.2, 0.25) is 5.91 Å². The van der Waals surface area contributed by atoms with E-state index >= 15 is 0 Å². The lowest BCUT2D eigenvalue weighted by Gasteiger charge is -2.37. The lowest BCUT2D eigenvalue weighted by Crippen LogP contribution is -2.50. The minimum absolute atomic E-state index is 0.138. The van der Waals surface area contributed by atoms with Gasteiger partial charge in [-0.25, -0.2) is 4.39 Å². The van der Waals surface area contributed by atoms with Gasteiger partial charge in [-0.1, -0.05) is 0 Å². The molecule has 1 fully saturated rings. The standard InChI is InChI=1S/C19H22FN3OS/c1-14(25-18-8-4-16(21)5-9-18)19(24)23-12-10-22(11-13-23)17-6-2-15(20)3-7-17/h2-9,14H,10-13,21H2,1H3. The summed E-state index contributed by atoms with van der Waals surface area (Å²) in [5, 5.41) is -0.138. The zero-order valence-corrected chi connectivity index (χ0v) is 15.0. The summed E-state index contributed by atoms with van der Waals surface area (Å²) in [6.07, 6.45) is 0. The Kier molecular flexibility index (Phi) is 5.48. The molecule has 0 bridgehead atoms. The Morgan fingerprint density at radius 3 is 2.24 bits per heavy atom. The molecule has 1 aliphatic rings. The normalized spacial score (nSPS) is 15.9. The van der Waals surface area contributed by atoms with Crippen molar-refractivity contribution in [2.75, 3.05) is 36.8 Å². The van der Waals surface area contributed by atoms with Crippen molar-refractivity contribution in [3.8, 4) is 0 Å². The van der Waals surface area contributed by atoms with Gasteiger partial charge >= 0.3 is 0 Å². The van der Waals surface area contributed by atoms with Crippen LogP contribution < -0.4 is 10.6 Å². The second kappa shape index (κ2) is 7.78. The number of nitrogens with two attached hydrogens (primary N) is 1. The zero-order valence-electron chi connectivity index (χ0n) is 14.2. The van der Waals surface area contributed by atoms with Crippen molar-refractivity contribution in [3.05, 3.63) is 54.3 Å². The highest BCUT2D eigenvalue weighted by Gasteiger charge is 2.25. The summed E-state index contributed by atoms with van der Waals surface area (Å²) in [6, 6.07) is 14.1. The largest absolute Gasteiger partial charge is 0.399 e. The smallest absolute Gasteiger partial charge is 0.235 e. The molecule has 0 saturated carbocycles. The number of piperazine rings is 1. The molecule has 3 rings (SSSR count). The van der Waals surface area contributed by atoms with E-state index in [0.29, 0.717) is 13.1 Å². The van der Waals surface area contributed by atoms with Crippen molar-refractivity contribution < 1.29 is 9.18 Å². The molecule has 132 valence electrons. The van der Waals surface area contributed by atoms with Gasteiger partial charge in [-0.15, -0.1) is 11.8 Å². The van der Waals surface area contributed by atoms with Crippen LogP contribution in [-0.4, -0.2) is 42.2 Å². The van der Waals surface area contributed by atoms with E-state index in [0.717, 1.165) is 29.4 Å². The van der Waals surface area contributed by atoms with Crippen molar-refractivity contribution in [2.45, 2.75) is 17.1 Å². The van der Waals surface area contributed by atoms with Crippen LogP contribution in [0.4, 0.5) is 15.8 Å². The van der Waals surface area contributed by atoms with Gasteiger partial charge in [-0.2, -0.15) is 0 Å². The maximum Gasteiger partial charge on any atom is 0.235 e. The number of benzene rings is 2. The van der Waals surface area contributed by atoms with Crippen LogP contribution in [0, 0.1) is 5.82 Å². The number of halogens is 1. The Morgan fingerprint density at radius 1 is 1.04 bits per heavy atom. The molecule has 6 heteroatoms. The van der Waals surface area contributed by atoms with E-state index in [2.05, 4.69) is 4.90 Å². The minimum Gasteiger partial charge on any atom is -0.399 e. The molecular weight excluding hydrogens is 337 g/mol. The van der Waals surface area contributed by atoms with Gasteiger partial charge in [0, 0.05) is 42.4 Å². The van der Waals surface area contributed by atoms with Crippen LogP contribution in [0.15, 0.2) is 53.4 Å². The van der Waals surface area contributed by atoms with E-state index in [1.54, 1.807) is 23.9 Å². The molecule has 0 spiro atoms. The second-order valence-corrected chi connectivity index (χ2v) is 7.53. The number of hydrogen-bond donors (Lipinski definition) is 1. The Labute approximate surface area is 151 Å². The summed E-state index contributed by atoms with van der Waals surface area (Å²) in [5.74, 6) is -0.0772. The van der Waals surface area contributed by atoms with Gasteiger partial charge in [-0.3, -0.25) is 4.79 Å². The van der Waals surface area contributed by atoms with Crippen LogP contribution in [0.2, 0.25) is 0 Å². The van der Waals surface area contributed by atoms with Crippen molar-refractivity contribution in [2.24, 2.45) is 0 Å². The monoisotopic (exact) mass is 359 g/mol. The highest BCUT2D eigenvalue weighted by molar-refractivity contribution is 8.00. The molecule has 1 heterocycles. The summed E-state index contributed by atoms with van der Waals surface area (Å²) in [6.45, 7) is 4.83. The Bertz CT molecular complexity index is 712. The van der Waals surface area contributed by atoms with E-state index in [1.165, 1.54) is 12.1 Å². The Hall–Kier alpha value is -2.21. The first kappa shape index (κ1) is 17.6. The number of carbonyl (C=O) groups excluding carboxylic acids is 1. The van der Waals surface area contributed by atoms with Crippen molar-refractivity contribution >= 4 is 29.0 Å². The molecular formula is C19H22FN3OS. The van der Waals surface area contributed by atoms with Crippen LogP contribution >= 0.6 is 11.8 Å². The number of nitrogen functional groups attached to an aromatic ring is 1. The summed E-state index contributed by atoms with van der Waals surface area (Å²) in [7, 11) is 0. The molecule has 2 N–H and O–H groups in total. The maximum atomic E-state index is 13.0. The van der Waals surface area contributed by atoms with Crippen LogP contribution in [0.5, 0.6) is 0 Å². The number of hydrogen-bond acceptors (Lipinski definition) is 4. The van der Waals surface area contributed by atoms with Gasteiger partial charge in [0.05, 0.1) is 5.25 Å². The molecule has 25 heavy (non-hydrogen) atoms. The number of carbonyl (C=O) groups is 1. The topological polar surface area (TPSA) is 49.6 Å². The fourth-order valence-corrected chi connectivity index (χ4v) is 3.85. The Balaban J connectivity index is 1.53. The lowest BCUT2D eigenvalue weighted by atomic mass is 10.2. The lowest BCUT2D eigenvalue weighted by molar-refractivity contribution is -0.130.